The topological polar surface area (TPSA) is 82.8 Å². The standard InChI is InChI=1S/C11H15N3O2S/c1-3-9(4-2)14-17(15,16)11-6-5-7-13-10(11)8-12/h5-7,9,14H,3-4H2,1-2H3. The molecule has 0 saturated heterocycles. The number of nitrogens with one attached hydrogen (secondary N) is 1. The Labute approximate surface area is 102 Å². The van der Waals surface area contributed by atoms with E-state index in [1.165, 1.54) is 18.3 Å². The van der Waals surface area contributed by atoms with Gasteiger partial charge < -0.3 is 0 Å². The number of rotatable bonds is 5. The molecule has 1 aromatic rings. The van der Waals surface area contributed by atoms with Crippen LogP contribution in [0, 0.1) is 11.3 Å². The molecular weight excluding hydrogens is 238 g/mol. The summed E-state index contributed by atoms with van der Waals surface area (Å²) in [4.78, 5) is 3.68. The van der Waals surface area contributed by atoms with Crippen LogP contribution in [0.25, 0.3) is 0 Å². The molecule has 1 rings (SSSR count). The van der Waals surface area contributed by atoms with Crippen molar-refractivity contribution in [2.75, 3.05) is 0 Å². The van der Waals surface area contributed by atoms with Crippen LogP contribution in [0.15, 0.2) is 23.2 Å². The van der Waals surface area contributed by atoms with E-state index in [2.05, 4.69) is 9.71 Å². The van der Waals surface area contributed by atoms with Crippen LogP contribution >= 0.6 is 0 Å². The van der Waals surface area contributed by atoms with Crippen molar-refractivity contribution in [2.24, 2.45) is 0 Å². The van der Waals surface area contributed by atoms with Gasteiger partial charge in [-0.25, -0.2) is 18.1 Å². The second kappa shape index (κ2) is 5.75. The maximum atomic E-state index is 12.0. The molecule has 0 aliphatic heterocycles. The molecule has 17 heavy (non-hydrogen) atoms. The first-order valence-corrected chi connectivity index (χ1v) is 6.90. The zero-order valence-corrected chi connectivity index (χ0v) is 10.7. The molecule has 0 amide bonds. The summed E-state index contributed by atoms with van der Waals surface area (Å²) in [5.41, 5.74) is -0.0778. The van der Waals surface area contributed by atoms with Gasteiger partial charge in [0.05, 0.1) is 0 Å². The van der Waals surface area contributed by atoms with Gasteiger partial charge in [0, 0.05) is 12.2 Å². The largest absolute Gasteiger partial charge is 0.244 e. The van der Waals surface area contributed by atoms with Crippen LogP contribution in [0.1, 0.15) is 32.4 Å². The van der Waals surface area contributed by atoms with Crippen molar-refractivity contribution in [1.29, 1.82) is 5.26 Å². The second-order valence-electron chi connectivity index (χ2n) is 3.60. The van der Waals surface area contributed by atoms with E-state index in [1.807, 2.05) is 13.8 Å². The number of hydrogen-bond donors (Lipinski definition) is 1. The summed E-state index contributed by atoms with van der Waals surface area (Å²) in [5, 5.41) is 8.83. The minimum atomic E-state index is -3.66. The highest BCUT2D eigenvalue weighted by Crippen LogP contribution is 2.13. The third-order valence-electron chi connectivity index (χ3n) is 2.47. The summed E-state index contributed by atoms with van der Waals surface area (Å²) in [5.74, 6) is 0. The van der Waals surface area contributed by atoms with Crippen LogP contribution < -0.4 is 4.72 Å². The Morgan fingerprint density at radius 2 is 2.12 bits per heavy atom. The van der Waals surface area contributed by atoms with Gasteiger partial charge in [-0.2, -0.15) is 5.26 Å². The average molecular weight is 253 g/mol. The zero-order valence-electron chi connectivity index (χ0n) is 9.84. The number of aromatic nitrogens is 1. The summed E-state index contributed by atoms with van der Waals surface area (Å²) >= 11 is 0. The Morgan fingerprint density at radius 3 is 2.65 bits per heavy atom. The number of hydrogen-bond acceptors (Lipinski definition) is 4. The Hall–Kier alpha value is -1.45. The van der Waals surface area contributed by atoms with Crippen molar-refractivity contribution in [3.05, 3.63) is 24.0 Å². The van der Waals surface area contributed by atoms with Crippen molar-refractivity contribution < 1.29 is 8.42 Å². The van der Waals surface area contributed by atoms with E-state index >= 15 is 0 Å². The van der Waals surface area contributed by atoms with Gasteiger partial charge in [0.25, 0.3) is 0 Å². The number of nitriles is 1. The molecule has 0 spiro atoms. The second-order valence-corrected chi connectivity index (χ2v) is 5.28. The highest BCUT2D eigenvalue weighted by molar-refractivity contribution is 7.89. The number of nitrogens with zero attached hydrogens (tertiary/aromatic N) is 2. The van der Waals surface area contributed by atoms with Gasteiger partial charge in [-0.15, -0.1) is 0 Å². The molecule has 0 atom stereocenters. The van der Waals surface area contributed by atoms with E-state index in [9.17, 15) is 8.42 Å². The molecule has 6 heteroatoms. The summed E-state index contributed by atoms with van der Waals surface area (Å²) in [7, 11) is -3.66. The van der Waals surface area contributed by atoms with Gasteiger partial charge in [0.2, 0.25) is 10.0 Å². The van der Waals surface area contributed by atoms with Crippen LogP contribution in [0.4, 0.5) is 0 Å². The summed E-state index contributed by atoms with van der Waals surface area (Å²) < 4.78 is 26.6. The first-order chi connectivity index (χ1) is 8.05. The van der Waals surface area contributed by atoms with Crippen molar-refractivity contribution in [3.63, 3.8) is 0 Å². The number of sulfonamides is 1. The van der Waals surface area contributed by atoms with Crippen molar-refractivity contribution in [2.45, 2.75) is 37.6 Å². The zero-order chi connectivity index (χ0) is 12.9. The first-order valence-electron chi connectivity index (χ1n) is 5.42. The molecule has 1 aromatic heterocycles. The highest BCUT2D eigenvalue weighted by atomic mass is 32.2. The SMILES string of the molecule is CCC(CC)NS(=O)(=O)c1cccnc1C#N. The lowest BCUT2D eigenvalue weighted by Gasteiger charge is -2.15. The molecule has 0 unspecified atom stereocenters. The Bertz CT molecular complexity index is 516. The Balaban J connectivity index is 3.10. The van der Waals surface area contributed by atoms with Crippen LogP contribution in [-0.4, -0.2) is 19.4 Å². The van der Waals surface area contributed by atoms with Crippen molar-refractivity contribution in [3.8, 4) is 6.07 Å². The van der Waals surface area contributed by atoms with E-state index in [1.54, 1.807) is 6.07 Å². The summed E-state index contributed by atoms with van der Waals surface area (Å²) in [6.07, 6.45) is 2.81. The highest BCUT2D eigenvalue weighted by Gasteiger charge is 2.21. The lowest BCUT2D eigenvalue weighted by atomic mass is 10.2. The molecule has 1 N–H and O–H groups in total. The summed E-state index contributed by atoms with van der Waals surface area (Å²) in [6, 6.07) is 4.55. The number of pyridine rings is 1. The molecule has 0 saturated carbocycles. The van der Waals surface area contributed by atoms with E-state index in [-0.39, 0.29) is 16.6 Å². The molecule has 92 valence electrons. The van der Waals surface area contributed by atoms with E-state index in [0.717, 1.165) is 0 Å². The molecule has 0 aliphatic carbocycles. The fraction of sp³-hybridized carbons (Fsp3) is 0.455. The Morgan fingerprint density at radius 1 is 1.47 bits per heavy atom. The predicted molar refractivity (Wildman–Crippen MR) is 63.6 cm³/mol. The molecule has 1 heterocycles. The predicted octanol–water partition coefficient (Wildman–Crippen LogP) is 1.42. The maximum absolute atomic E-state index is 12.0. The lowest BCUT2D eigenvalue weighted by Crippen LogP contribution is -2.34. The van der Waals surface area contributed by atoms with Gasteiger partial charge in [0.1, 0.15) is 11.0 Å². The van der Waals surface area contributed by atoms with E-state index < -0.39 is 10.0 Å². The minimum absolute atomic E-state index is 0.0607. The molecule has 5 nitrogen and oxygen atoms in total. The summed E-state index contributed by atoms with van der Waals surface area (Å²) in [6.45, 7) is 3.82. The minimum Gasteiger partial charge on any atom is -0.244 e. The monoisotopic (exact) mass is 253 g/mol. The smallest absolute Gasteiger partial charge is 0.243 e. The molecule has 0 bridgehead atoms. The first kappa shape index (κ1) is 13.6. The maximum Gasteiger partial charge on any atom is 0.243 e. The average Bonchev–Trinajstić information content (AvgIpc) is 2.35. The van der Waals surface area contributed by atoms with Crippen molar-refractivity contribution in [1.82, 2.24) is 9.71 Å². The van der Waals surface area contributed by atoms with E-state index in [4.69, 9.17) is 5.26 Å². The fourth-order valence-corrected chi connectivity index (χ4v) is 2.94. The van der Waals surface area contributed by atoms with Crippen LogP contribution in [0.3, 0.4) is 0 Å². The van der Waals surface area contributed by atoms with Gasteiger partial charge >= 0.3 is 0 Å². The lowest BCUT2D eigenvalue weighted by molar-refractivity contribution is 0.530. The normalized spacial score (nSPS) is 11.4. The molecular formula is C11H15N3O2S. The molecule has 0 aliphatic rings. The van der Waals surface area contributed by atoms with Crippen molar-refractivity contribution >= 4 is 10.0 Å². The van der Waals surface area contributed by atoms with Gasteiger partial charge in [-0.05, 0) is 25.0 Å². The van der Waals surface area contributed by atoms with Gasteiger partial charge in [-0.1, -0.05) is 13.8 Å². The third kappa shape index (κ3) is 3.25. The Kier molecular flexibility index (Phi) is 4.61. The van der Waals surface area contributed by atoms with Gasteiger partial charge in [0.15, 0.2) is 5.69 Å². The fourth-order valence-electron chi connectivity index (χ4n) is 1.43. The van der Waals surface area contributed by atoms with Crippen LogP contribution in [0.2, 0.25) is 0 Å². The molecule has 0 radical (unpaired) electrons. The molecule has 0 fully saturated rings. The molecule has 0 aromatic carbocycles. The third-order valence-corrected chi connectivity index (χ3v) is 4.03. The van der Waals surface area contributed by atoms with Crippen LogP contribution in [-0.2, 0) is 10.0 Å². The quantitative estimate of drug-likeness (QED) is 0.860. The van der Waals surface area contributed by atoms with Crippen LogP contribution in [0.5, 0.6) is 0 Å². The van der Waals surface area contributed by atoms with Gasteiger partial charge in [-0.3, -0.25) is 0 Å². The van der Waals surface area contributed by atoms with E-state index in [0.29, 0.717) is 12.8 Å².